The van der Waals surface area contributed by atoms with Gasteiger partial charge in [0.2, 0.25) is 5.91 Å². The van der Waals surface area contributed by atoms with Crippen molar-refractivity contribution in [3.8, 4) is 0 Å². The first-order valence-corrected chi connectivity index (χ1v) is 10.9. The Balaban J connectivity index is 1.54. The van der Waals surface area contributed by atoms with Gasteiger partial charge in [0.15, 0.2) is 0 Å². The van der Waals surface area contributed by atoms with Crippen LogP contribution in [0.5, 0.6) is 0 Å². The predicted molar refractivity (Wildman–Crippen MR) is 124 cm³/mol. The van der Waals surface area contributed by atoms with E-state index in [0.717, 1.165) is 27.5 Å². The second-order valence-corrected chi connectivity index (χ2v) is 8.71. The van der Waals surface area contributed by atoms with Crippen molar-refractivity contribution in [1.82, 2.24) is 9.78 Å². The van der Waals surface area contributed by atoms with Crippen molar-refractivity contribution < 1.29 is 19.2 Å². The third-order valence-corrected chi connectivity index (χ3v) is 6.36. The van der Waals surface area contributed by atoms with E-state index in [9.17, 15) is 19.7 Å². The summed E-state index contributed by atoms with van der Waals surface area (Å²) in [6, 6.07) is 12.9. The van der Waals surface area contributed by atoms with Crippen molar-refractivity contribution in [2.75, 3.05) is 0 Å². The first-order valence-electron chi connectivity index (χ1n) is 9.68. The van der Waals surface area contributed by atoms with E-state index >= 15 is 0 Å². The molecule has 0 spiro atoms. The molecule has 2 N–H and O–H groups in total. The zero-order valence-corrected chi connectivity index (χ0v) is 18.9. The molecule has 2 aromatic carbocycles. The van der Waals surface area contributed by atoms with Crippen LogP contribution in [0.25, 0.3) is 10.2 Å². The molecule has 33 heavy (non-hydrogen) atoms. The number of benzene rings is 2. The van der Waals surface area contributed by atoms with E-state index in [-0.39, 0.29) is 23.4 Å². The Labute approximate surface area is 196 Å². The van der Waals surface area contributed by atoms with Gasteiger partial charge in [-0.05, 0) is 42.8 Å². The molecule has 1 amide bonds. The lowest BCUT2D eigenvalue weighted by Crippen LogP contribution is -2.12. The summed E-state index contributed by atoms with van der Waals surface area (Å²) < 4.78 is 7.13. The Kier molecular flexibility index (Phi) is 6.12. The topological polar surface area (TPSA) is 130 Å². The largest absolute Gasteiger partial charge is 0.456 e. The number of ether oxygens (including phenoxy) is 1. The number of carbonyl (C=O) groups excluding carboxylic acids is 2. The Morgan fingerprint density at radius 3 is 2.61 bits per heavy atom. The fourth-order valence-electron chi connectivity index (χ4n) is 3.31. The van der Waals surface area contributed by atoms with Crippen LogP contribution in [0.1, 0.15) is 36.9 Å². The molecule has 0 saturated carbocycles. The number of nitro groups is 1. The zero-order chi connectivity index (χ0) is 23.7. The predicted octanol–water partition coefficient (Wildman–Crippen LogP) is 4.47. The molecule has 0 aliphatic rings. The van der Waals surface area contributed by atoms with Gasteiger partial charge < -0.3 is 10.5 Å². The number of esters is 1. The number of rotatable bonds is 7. The van der Waals surface area contributed by atoms with Gasteiger partial charge in [-0.1, -0.05) is 23.7 Å². The van der Waals surface area contributed by atoms with Gasteiger partial charge in [0.05, 0.1) is 22.7 Å². The average Bonchev–Trinajstić information content (AvgIpc) is 3.34. The molecular formula is C22H17ClN4O5S. The van der Waals surface area contributed by atoms with Crippen molar-refractivity contribution in [3.63, 3.8) is 0 Å². The summed E-state index contributed by atoms with van der Waals surface area (Å²) in [6.45, 7) is 2.04. The highest BCUT2D eigenvalue weighted by molar-refractivity contribution is 7.20. The van der Waals surface area contributed by atoms with Crippen molar-refractivity contribution in [1.29, 1.82) is 0 Å². The molecule has 0 unspecified atom stereocenters. The molecule has 11 heteroatoms. The van der Waals surface area contributed by atoms with Crippen LogP contribution in [0.3, 0.4) is 0 Å². The van der Waals surface area contributed by atoms with Crippen LogP contribution in [0.15, 0.2) is 48.5 Å². The minimum Gasteiger partial charge on any atom is -0.456 e. The summed E-state index contributed by atoms with van der Waals surface area (Å²) in [5, 5.41) is 17.4. The zero-order valence-electron chi connectivity index (χ0n) is 17.3. The summed E-state index contributed by atoms with van der Waals surface area (Å²) >= 11 is 7.18. The molecule has 2 aromatic heterocycles. The SMILES string of the molecule is Cc1nn(Cc2ccc(Cl)cc2)c2sc(C(=O)OCc3ccc(C(N)=O)cc3[N+](=O)[O-])cc12. The molecule has 168 valence electrons. The van der Waals surface area contributed by atoms with Crippen LogP contribution < -0.4 is 5.73 Å². The number of nitrogens with two attached hydrogens (primary N) is 1. The Bertz CT molecular complexity index is 1390. The number of thiophene rings is 1. The van der Waals surface area contributed by atoms with Gasteiger partial charge in [0, 0.05) is 22.0 Å². The van der Waals surface area contributed by atoms with Crippen molar-refractivity contribution in [3.05, 3.63) is 90.9 Å². The number of amides is 1. The molecule has 0 atom stereocenters. The number of halogens is 1. The van der Waals surface area contributed by atoms with Crippen LogP contribution in [0, 0.1) is 17.0 Å². The highest BCUT2D eigenvalue weighted by atomic mass is 35.5. The lowest BCUT2D eigenvalue weighted by atomic mass is 10.1. The third kappa shape index (κ3) is 4.71. The molecule has 0 bridgehead atoms. The molecule has 0 saturated heterocycles. The standard InChI is InChI=1S/C22H17ClN4O5S/c1-12-17-9-19(33-21(17)26(25-12)10-13-2-6-16(23)7-3-13)22(29)32-11-15-5-4-14(20(24)28)8-18(15)27(30)31/h2-9H,10-11H2,1H3,(H2,24,28). The van der Waals surface area contributed by atoms with Crippen molar-refractivity contribution in [2.24, 2.45) is 5.73 Å². The second-order valence-electron chi connectivity index (χ2n) is 7.24. The van der Waals surface area contributed by atoms with Crippen molar-refractivity contribution >= 4 is 50.7 Å². The quantitative estimate of drug-likeness (QED) is 0.234. The third-order valence-electron chi connectivity index (χ3n) is 4.98. The van der Waals surface area contributed by atoms with Gasteiger partial charge in [0.25, 0.3) is 5.69 Å². The first-order chi connectivity index (χ1) is 15.7. The fraction of sp³-hybridized carbons (Fsp3) is 0.136. The Morgan fingerprint density at radius 2 is 1.94 bits per heavy atom. The van der Waals surface area contributed by atoms with Crippen LogP contribution in [-0.4, -0.2) is 26.6 Å². The van der Waals surface area contributed by atoms with Crippen LogP contribution >= 0.6 is 22.9 Å². The van der Waals surface area contributed by atoms with Gasteiger partial charge in [-0.3, -0.25) is 19.6 Å². The minimum absolute atomic E-state index is 0.00185. The maximum Gasteiger partial charge on any atom is 0.348 e. The Hall–Kier alpha value is -3.76. The number of hydrogen-bond acceptors (Lipinski definition) is 7. The van der Waals surface area contributed by atoms with Gasteiger partial charge >= 0.3 is 5.97 Å². The summed E-state index contributed by atoms with van der Waals surface area (Å²) in [5.74, 6) is -1.39. The number of carbonyl (C=O) groups is 2. The van der Waals surface area contributed by atoms with Crippen LogP contribution in [0.4, 0.5) is 5.69 Å². The summed E-state index contributed by atoms with van der Waals surface area (Å²) in [6.07, 6.45) is 0. The van der Waals surface area contributed by atoms with Gasteiger partial charge in [0.1, 0.15) is 16.3 Å². The summed E-state index contributed by atoms with van der Waals surface area (Å²) in [4.78, 5) is 35.8. The van der Waals surface area contributed by atoms with Gasteiger partial charge in [-0.25, -0.2) is 4.79 Å². The number of nitro benzene ring substituents is 1. The monoisotopic (exact) mass is 484 g/mol. The van der Waals surface area contributed by atoms with Gasteiger partial charge in [-0.2, -0.15) is 5.10 Å². The molecule has 0 fully saturated rings. The number of primary amides is 1. The van der Waals surface area contributed by atoms with E-state index in [0.29, 0.717) is 16.4 Å². The maximum absolute atomic E-state index is 12.7. The second kappa shape index (κ2) is 9.00. The molecular weight excluding hydrogens is 468 g/mol. The molecule has 2 heterocycles. The smallest absolute Gasteiger partial charge is 0.348 e. The maximum atomic E-state index is 12.7. The molecule has 4 aromatic rings. The van der Waals surface area contributed by atoms with Crippen LogP contribution in [0.2, 0.25) is 5.02 Å². The van der Waals surface area contributed by atoms with Crippen LogP contribution in [-0.2, 0) is 17.9 Å². The van der Waals surface area contributed by atoms with E-state index < -0.39 is 16.8 Å². The first kappa shape index (κ1) is 22.4. The van der Waals surface area contributed by atoms with E-state index in [1.165, 1.54) is 23.5 Å². The van der Waals surface area contributed by atoms with Gasteiger partial charge in [-0.15, -0.1) is 11.3 Å². The number of aromatic nitrogens is 2. The highest BCUT2D eigenvalue weighted by Gasteiger charge is 2.21. The van der Waals surface area contributed by atoms with E-state index in [2.05, 4.69) is 5.10 Å². The molecule has 0 radical (unpaired) electrons. The lowest BCUT2D eigenvalue weighted by molar-refractivity contribution is -0.385. The summed E-state index contributed by atoms with van der Waals surface area (Å²) in [7, 11) is 0. The number of aryl methyl sites for hydroxylation is 1. The fourth-order valence-corrected chi connectivity index (χ4v) is 4.49. The highest BCUT2D eigenvalue weighted by Crippen LogP contribution is 2.30. The molecule has 4 rings (SSSR count). The molecule has 9 nitrogen and oxygen atoms in total. The van der Waals surface area contributed by atoms with E-state index in [1.807, 2.05) is 23.7 Å². The van der Waals surface area contributed by atoms with E-state index in [1.54, 1.807) is 18.2 Å². The van der Waals surface area contributed by atoms with Crippen molar-refractivity contribution in [2.45, 2.75) is 20.1 Å². The normalized spacial score (nSPS) is 11.0. The number of hydrogen-bond donors (Lipinski definition) is 1. The van der Waals surface area contributed by atoms with E-state index in [4.69, 9.17) is 22.1 Å². The molecule has 0 aliphatic heterocycles. The number of fused-ring (bicyclic) bond motifs is 1. The lowest BCUT2D eigenvalue weighted by Gasteiger charge is -2.06. The summed E-state index contributed by atoms with van der Waals surface area (Å²) in [5.41, 5.74) is 6.77. The minimum atomic E-state index is -0.782. The molecule has 0 aliphatic carbocycles. The average molecular weight is 485 g/mol. The Morgan fingerprint density at radius 1 is 1.21 bits per heavy atom. The number of nitrogens with zero attached hydrogens (tertiary/aromatic N) is 3.